The number of urea groups is 1. The zero-order chi connectivity index (χ0) is 48.8. The van der Waals surface area contributed by atoms with Gasteiger partial charge in [0.05, 0.1) is 33.0 Å². The largest absolute Gasteiger partial charge is 0.394 e. The summed E-state index contributed by atoms with van der Waals surface area (Å²) in [5, 5.41) is 61.6. The summed E-state index contributed by atoms with van der Waals surface area (Å²) < 4.78 is 0. The molecule has 0 radical (unpaired) electrons. The average molecular weight is 935 g/mol. The van der Waals surface area contributed by atoms with E-state index in [1.54, 1.807) is 30.3 Å². The van der Waals surface area contributed by atoms with E-state index in [9.17, 15) is 68.4 Å². The van der Waals surface area contributed by atoms with Crippen LogP contribution in [0.15, 0.2) is 30.3 Å². The first-order valence-corrected chi connectivity index (χ1v) is 21.5. The lowest BCUT2D eigenvalue weighted by Crippen LogP contribution is -2.61. The zero-order valence-electron chi connectivity index (χ0n) is 36.3. The van der Waals surface area contributed by atoms with Crippen LogP contribution in [0.3, 0.4) is 0 Å². The molecule has 366 valence electrons. The van der Waals surface area contributed by atoms with Gasteiger partial charge in [-0.05, 0) is 57.1 Å². The molecule has 26 nitrogen and oxygen atoms in total. The molecule has 17 N–H and O–H groups in total. The average Bonchev–Trinajstić information content (AvgIpc) is 3.80. The quantitative estimate of drug-likeness (QED) is 0.0771. The van der Waals surface area contributed by atoms with Crippen molar-refractivity contribution in [3.8, 4) is 0 Å². The van der Waals surface area contributed by atoms with E-state index in [-0.39, 0.29) is 51.7 Å². The highest BCUT2D eigenvalue weighted by Gasteiger charge is 2.40. The fraction of sp³-hybridized carbons (Fsp3) is 0.600. The number of nitrogens with zero attached hydrogens (tertiary/aromatic N) is 1. The fourth-order valence-electron chi connectivity index (χ4n) is 7.04. The van der Waals surface area contributed by atoms with Gasteiger partial charge in [0.15, 0.2) is 0 Å². The Labute approximate surface area is 379 Å². The number of carbonyl (C=O) groups excluding carboxylic acids is 10. The van der Waals surface area contributed by atoms with Crippen molar-refractivity contribution >= 4 is 59.2 Å². The van der Waals surface area contributed by atoms with Gasteiger partial charge in [0.2, 0.25) is 53.2 Å². The molecule has 2 saturated heterocycles. The summed E-state index contributed by atoms with van der Waals surface area (Å²) in [7, 11) is 0. The minimum Gasteiger partial charge on any atom is -0.394 e. The van der Waals surface area contributed by atoms with Gasteiger partial charge in [-0.15, -0.1) is 0 Å². The van der Waals surface area contributed by atoms with Crippen LogP contribution in [0.5, 0.6) is 0 Å². The maximum Gasteiger partial charge on any atom is 0.312 e. The number of primary amides is 1. The molecular formula is C40H62N12O14. The summed E-state index contributed by atoms with van der Waals surface area (Å²) in [6.07, 6.45) is 0.832. The number of nitrogens with one attached hydrogen (secondary N) is 9. The molecule has 0 bridgehead atoms. The molecule has 2 aliphatic heterocycles. The summed E-state index contributed by atoms with van der Waals surface area (Å²) in [5.74, 6) is -8.95. The molecule has 2 aliphatic rings. The Kier molecular flexibility index (Phi) is 22.6. The van der Waals surface area contributed by atoms with E-state index in [1.165, 1.54) is 0 Å². The van der Waals surface area contributed by atoms with Gasteiger partial charge in [0, 0.05) is 19.5 Å². The number of fused-ring (bicyclic) bond motifs is 1. The normalized spacial score (nSPS) is 26.0. The van der Waals surface area contributed by atoms with Crippen LogP contribution in [-0.2, 0) is 49.6 Å². The Morgan fingerprint density at radius 1 is 0.606 bits per heavy atom. The van der Waals surface area contributed by atoms with Crippen molar-refractivity contribution in [2.45, 2.75) is 99.7 Å². The fourth-order valence-corrected chi connectivity index (χ4v) is 7.04. The van der Waals surface area contributed by atoms with Crippen molar-refractivity contribution in [1.82, 2.24) is 52.8 Å². The van der Waals surface area contributed by atoms with Crippen LogP contribution in [0.1, 0.15) is 50.5 Å². The van der Waals surface area contributed by atoms with Gasteiger partial charge in [0.25, 0.3) is 0 Å². The summed E-state index contributed by atoms with van der Waals surface area (Å²) in [5.41, 5.74) is 11.3. The highest BCUT2D eigenvalue weighted by Crippen LogP contribution is 2.20. The third-order valence-corrected chi connectivity index (χ3v) is 10.6. The maximum atomic E-state index is 14.3. The molecule has 26 heteroatoms. The lowest BCUT2D eigenvalue weighted by atomic mass is 10.0. The molecule has 1 aromatic carbocycles. The van der Waals surface area contributed by atoms with Gasteiger partial charge >= 0.3 is 6.03 Å². The second-order valence-corrected chi connectivity index (χ2v) is 15.5. The van der Waals surface area contributed by atoms with Crippen LogP contribution in [0, 0.1) is 0 Å². The molecule has 0 unspecified atom stereocenters. The second-order valence-electron chi connectivity index (χ2n) is 15.5. The van der Waals surface area contributed by atoms with Crippen LogP contribution in [0.2, 0.25) is 0 Å². The van der Waals surface area contributed by atoms with E-state index in [0.717, 1.165) is 4.90 Å². The predicted octanol–water partition coefficient (Wildman–Crippen LogP) is -7.71. The molecule has 3 rings (SSSR count). The third kappa shape index (κ3) is 16.8. The summed E-state index contributed by atoms with van der Waals surface area (Å²) in [4.78, 5) is 134. The maximum absolute atomic E-state index is 14.3. The van der Waals surface area contributed by atoms with Crippen LogP contribution in [0.4, 0.5) is 4.79 Å². The van der Waals surface area contributed by atoms with E-state index in [2.05, 4.69) is 47.9 Å². The smallest absolute Gasteiger partial charge is 0.312 e. The molecule has 0 spiro atoms. The van der Waals surface area contributed by atoms with E-state index < -0.39 is 141 Å². The highest BCUT2D eigenvalue weighted by atomic mass is 16.3. The van der Waals surface area contributed by atoms with Gasteiger partial charge < -0.3 is 84.6 Å². The number of amides is 11. The number of hydrogen-bond acceptors (Lipinski definition) is 15. The molecule has 66 heavy (non-hydrogen) atoms. The Morgan fingerprint density at radius 3 is 1.59 bits per heavy atom. The highest BCUT2D eigenvalue weighted by molar-refractivity contribution is 5.99. The molecular weight excluding hydrogens is 873 g/mol. The summed E-state index contributed by atoms with van der Waals surface area (Å²) in [6.45, 7) is -4.66. The van der Waals surface area contributed by atoms with Crippen LogP contribution in [-0.4, -0.2) is 185 Å². The van der Waals surface area contributed by atoms with Crippen molar-refractivity contribution in [2.24, 2.45) is 11.5 Å². The number of hydrogen-bond donors (Lipinski definition) is 15. The van der Waals surface area contributed by atoms with E-state index >= 15 is 0 Å². The molecule has 8 atom stereocenters. The molecule has 0 aliphatic carbocycles. The van der Waals surface area contributed by atoms with Gasteiger partial charge in [0.1, 0.15) is 48.3 Å². The molecule has 0 aromatic heterocycles. The second kappa shape index (κ2) is 27.8. The van der Waals surface area contributed by atoms with Crippen molar-refractivity contribution in [3.63, 3.8) is 0 Å². The first-order valence-electron chi connectivity index (χ1n) is 21.5. The Morgan fingerprint density at radius 2 is 1.08 bits per heavy atom. The first-order chi connectivity index (χ1) is 31.6. The predicted molar refractivity (Wildman–Crippen MR) is 229 cm³/mol. The Hall–Kier alpha value is -6.48. The van der Waals surface area contributed by atoms with Crippen molar-refractivity contribution in [3.05, 3.63) is 35.9 Å². The van der Waals surface area contributed by atoms with Gasteiger partial charge in [-0.1, -0.05) is 30.3 Å². The van der Waals surface area contributed by atoms with Gasteiger partial charge in [-0.25, -0.2) is 4.79 Å². The lowest BCUT2D eigenvalue weighted by Gasteiger charge is -2.31. The van der Waals surface area contributed by atoms with E-state index in [0.29, 0.717) is 24.8 Å². The van der Waals surface area contributed by atoms with Crippen molar-refractivity contribution < 1.29 is 68.4 Å². The van der Waals surface area contributed by atoms with Crippen LogP contribution in [0.25, 0.3) is 0 Å². The van der Waals surface area contributed by atoms with E-state index in [4.69, 9.17) is 11.5 Å². The minimum atomic E-state index is -1.81. The van der Waals surface area contributed by atoms with Gasteiger partial charge in [-0.2, -0.15) is 0 Å². The van der Waals surface area contributed by atoms with Gasteiger partial charge in [-0.3, -0.25) is 43.2 Å². The summed E-state index contributed by atoms with van der Waals surface area (Å²) >= 11 is 0. The van der Waals surface area contributed by atoms with Crippen LogP contribution >= 0.6 is 0 Å². The number of benzene rings is 1. The molecule has 11 amide bonds. The minimum absolute atomic E-state index is 0.0189. The standard InChI is InChI=1S/C40H62N12O14/c41-13-5-4-10-24-33(59)48-27(19-54)36(62)50-28(20-55)37(63)49-26(18-53)35(61)47-25(16-22-8-2-1-3-9-22)39(65)52-15-7-12-30(52)38(64)51-29(21-56)34(60)46-23(11-6-14-43-40(42)66)32(58)44-17-31(57)45-24/h1-3,8-9,23-30,53-56H,4-7,10-21,41H2,(H,44,58)(H,45,57)(H,46,60)(H,47,61)(H,48,59)(H,49,63)(H,50,62)(H,51,64)(H3,42,43,66)/t23-,24-,25-,26-,27-,28-,29-,30-/m0/s1. The zero-order valence-corrected chi connectivity index (χ0v) is 36.3. The number of carbonyl (C=O) groups is 10. The Balaban J connectivity index is 2.03. The number of nitrogens with two attached hydrogens (primary N) is 2. The SMILES string of the molecule is NCCCC[C@@H]1NC(=O)CNC(=O)[C@H](CCCNC(N)=O)NC(=O)[C@H](CO)NC(=O)[C@@H]2CCCN2C(=O)[C@H](Cc2ccccc2)NC(=O)[C@H](CO)NC(=O)[C@H](CO)NC(=O)[C@H](CO)NC1=O. The number of aliphatic hydroxyl groups is 4. The summed E-state index contributed by atoms with van der Waals surface area (Å²) in [6, 6.07) is -4.92. The third-order valence-electron chi connectivity index (χ3n) is 10.6. The van der Waals surface area contributed by atoms with Crippen molar-refractivity contribution in [2.75, 3.05) is 52.6 Å². The van der Waals surface area contributed by atoms with E-state index in [1.807, 2.05) is 0 Å². The number of rotatable bonds is 14. The molecule has 1 aromatic rings. The lowest BCUT2D eigenvalue weighted by molar-refractivity contribution is -0.143. The first kappa shape index (κ1) is 53.9. The molecule has 2 heterocycles. The van der Waals surface area contributed by atoms with Crippen LogP contribution < -0.4 is 59.3 Å². The number of aliphatic hydroxyl groups excluding tert-OH is 4. The topological polar surface area (TPSA) is 415 Å². The van der Waals surface area contributed by atoms with Crippen molar-refractivity contribution in [1.29, 1.82) is 0 Å². The molecule has 0 saturated carbocycles. The molecule has 2 fully saturated rings. The Bertz CT molecular complexity index is 1860. The number of unbranched alkanes of at least 4 members (excludes halogenated alkanes) is 1. The monoisotopic (exact) mass is 934 g/mol.